The van der Waals surface area contributed by atoms with Gasteiger partial charge < -0.3 is 4.90 Å². The molecule has 7 heteroatoms. The van der Waals surface area contributed by atoms with Crippen molar-refractivity contribution in [1.29, 1.82) is 0 Å². The monoisotopic (exact) mass is 289 g/mol. The molecule has 0 bridgehead atoms. The summed E-state index contributed by atoms with van der Waals surface area (Å²) in [6.07, 6.45) is 1.53. The van der Waals surface area contributed by atoms with E-state index < -0.39 is 0 Å². The molecule has 96 valence electrons. The van der Waals surface area contributed by atoms with Crippen LogP contribution in [0.4, 0.5) is 5.82 Å². The van der Waals surface area contributed by atoms with Gasteiger partial charge in [-0.2, -0.15) is 5.10 Å². The van der Waals surface area contributed by atoms with E-state index in [1.807, 2.05) is 36.2 Å². The molecule has 0 atom stereocenters. The molecule has 0 saturated carbocycles. The lowest BCUT2D eigenvalue weighted by molar-refractivity contribution is 0.783. The lowest BCUT2D eigenvalue weighted by atomic mass is 10.2. The van der Waals surface area contributed by atoms with Gasteiger partial charge in [0.15, 0.2) is 5.82 Å². The van der Waals surface area contributed by atoms with Gasteiger partial charge in [0.25, 0.3) is 0 Å². The van der Waals surface area contributed by atoms with E-state index in [2.05, 4.69) is 20.5 Å². The molecule has 1 fully saturated rings. The van der Waals surface area contributed by atoms with Crippen LogP contribution in [0, 0.1) is 0 Å². The number of hydrazone groups is 1. The summed E-state index contributed by atoms with van der Waals surface area (Å²) in [6.45, 7) is 0. The van der Waals surface area contributed by atoms with Gasteiger partial charge >= 0.3 is 0 Å². The van der Waals surface area contributed by atoms with Crippen LogP contribution in [0.1, 0.15) is 0 Å². The third-order valence-electron chi connectivity index (χ3n) is 2.82. The van der Waals surface area contributed by atoms with Gasteiger partial charge in [-0.25, -0.2) is 9.97 Å². The number of hydrogen-bond donors (Lipinski definition) is 1. The number of nitrogens with one attached hydrogen (secondary N) is 1. The maximum atomic E-state index is 5.18. The van der Waals surface area contributed by atoms with Crippen LogP contribution in [0.3, 0.4) is 0 Å². The number of thiocarbonyl (C=S) groups is 1. The number of hydrogen-bond acceptors (Lipinski definition) is 6. The first-order valence-electron chi connectivity index (χ1n) is 5.68. The molecule has 2 heterocycles. The molecule has 19 heavy (non-hydrogen) atoms. The van der Waals surface area contributed by atoms with Crippen LogP contribution in [0.15, 0.2) is 35.7 Å². The summed E-state index contributed by atoms with van der Waals surface area (Å²) < 4.78 is 0.841. The van der Waals surface area contributed by atoms with Crippen molar-refractivity contribution in [1.82, 2.24) is 14.9 Å². The zero-order valence-electron chi connectivity index (χ0n) is 10.2. The average Bonchev–Trinajstić information content (AvgIpc) is 2.76. The highest BCUT2D eigenvalue weighted by Gasteiger charge is 2.20. The van der Waals surface area contributed by atoms with Gasteiger partial charge in [-0.05, 0) is 12.1 Å². The molecular formula is C12H11N5S2. The number of benzene rings is 1. The van der Waals surface area contributed by atoms with E-state index >= 15 is 0 Å². The Labute approximate surface area is 120 Å². The quantitative estimate of drug-likeness (QED) is 0.676. The van der Waals surface area contributed by atoms with Crippen LogP contribution in [-0.2, 0) is 0 Å². The van der Waals surface area contributed by atoms with Crippen molar-refractivity contribution in [2.75, 3.05) is 18.2 Å². The van der Waals surface area contributed by atoms with Crippen molar-refractivity contribution in [3.63, 3.8) is 0 Å². The van der Waals surface area contributed by atoms with Crippen molar-refractivity contribution in [2.45, 2.75) is 0 Å². The van der Waals surface area contributed by atoms with Crippen LogP contribution < -0.4 is 5.43 Å². The lowest BCUT2D eigenvalue weighted by Crippen LogP contribution is -2.24. The number of aromatic nitrogens is 2. The van der Waals surface area contributed by atoms with Crippen LogP contribution in [0.5, 0.6) is 0 Å². The molecule has 0 radical (unpaired) electrons. The van der Waals surface area contributed by atoms with Crippen molar-refractivity contribution < 1.29 is 0 Å². The SMILES string of the molecule is CN1C(=S)SCC1=NNc1ncnc2ccccc12. The molecular weight excluding hydrogens is 278 g/mol. The molecule has 0 spiro atoms. The fourth-order valence-electron chi connectivity index (χ4n) is 1.74. The molecule has 3 rings (SSSR count). The summed E-state index contributed by atoms with van der Waals surface area (Å²) in [6, 6.07) is 7.82. The minimum atomic E-state index is 0.703. The molecule has 0 unspecified atom stereocenters. The Bertz CT molecular complexity index is 665. The first kappa shape index (κ1) is 12.3. The third kappa shape index (κ3) is 2.39. The van der Waals surface area contributed by atoms with E-state index in [4.69, 9.17) is 12.2 Å². The average molecular weight is 289 g/mol. The van der Waals surface area contributed by atoms with Crippen molar-refractivity contribution in [3.8, 4) is 0 Å². The second-order valence-electron chi connectivity index (χ2n) is 3.99. The molecule has 0 amide bonds. The zero-order chi connectivity index (χ0) is 13.2. The largest absolute Gasteiger partial charge is 0.316 e. The summed E-state index contributed by atoms with van der Waals surface area (Å²) >= 11 is 6.79. The smallest absolute Gasteiger partial charge is 0.157 e. The van der Waals surface area contributed by atoms with Crippen molar-refractivity contribution in [2.24, 2.45) is 5.10 Å². The highest BCUT2D eigenvalue weighted by atomic mass is 32.2. The van der Waals surface area contributed by atoms with Gasteiger partial charge in [0.2, 0.25) is 0 Å². The number of amidine groups is 1. The summed E-state index contributed by atoms with van der Waals surface area (Å²) in [5.41, 5.74) is 3.90. The zero-order valence-corrected chi connectivity index (χ0v) is 11.8. The number of anilines is 1. The van der Waals surface area contributed by atoms with E-state index in [9.17, 15) is 0 Å². The second kappa shape index (κ2) is 5.10. The van der Waals surface area contributed by atoms with E-state index in [1.165, 1.54) is 6.33 Å². The maximum Gasteiger partial charge on any atom is 0.157 e. The second-order valence-corrected chi connectivity index (χ2v) is 5.60. The Balaban J connectivity index is 1.90. The Morgan fingerprint density at radius 1 is 1.37 bits per heavy atom. The number of rotatable bonds is 2. The highest BCUT2D eigenvalue weighted by Crippen LogP contribution is 2.21. The van der Waals surface area contributed by atoms with Crippen LogP contribution in [0.25, 0.3) is 10.9 Å². The Hall–Kier alpha value is -1.73. The first-order chi connectivity index (χ1) is 9.25. The number of fused-ring (bicyclic) bond motifs is 1. The molecule has 1 N–H and O–H groups in total. The molecule has 1 aromatic carbocycles. The minimum Gasteiger partial charge on any atom is -0.316 e. The number of nitrogens with zero attached hydrogens (tertiary/aromatic N) is 4. The maximum absolute atomic E-state index is 5.18. The molecule has 1 aliphatic rings. The predicted molar refractivity (Wildman–Crippen MR) is 83.4 cm³/mol. The molecule has 2 aromatic rings. The van der Waals surface area contributed by atoms with Crippen LogP contribution in [0.2, 0.25) is 0 Å². The Kier molecular flexibility index (Phi) is 3.31. The van der Waals surface area contributed by atoms with Crippen LogP contribution >= 0.6 is 24.0 Å². The van der Waals surface area contributed by atoms with E-state index in [1.54, 1.807) is 11.8 Å². The first-order valence-corrected chi connectivity index (χ1v) is 7.08. The Morgan fingerprint density at radius 2 is 2.21 bits per heavy atom. The van der Waals surface area contributed by atoms with Gasteiger partial charge in [0, 0.05) is 12.4 Å². The number of para-hydroxylation sites is 1. The normalized spacial score (nSPS) is 17.4. The van der Waals surface area contributed by atoms with E-state index in [0.29, 0.717) is 5.82 Å². The standard InChI is InChI=1S/C12H11N5S2/c1-17-10(6-19-12(17)18)15-16-11-8-4-2-3-5-9(8)13-7-14-11/h2-5,7H,6H2,1H3,(H,13,14,16). The third-order valence-corrected chi connectivity index (χ3v) is 4.37. The van der Waals surface area contributed by atoms with Gasteiger partial charge in [0.05, 0.1) is 11.3 Å². The summed E-state index contributed by atoms with van der Waals surface area (Å²) in [7, 11) is 1.92. The Morgan fingerprint density at radius 3 is 3.00 bits per heavy atom. The van der Waals surface area contributed by atoms with Gasteiger partial charge in [-0.3, -0.25) is 5.43 Å². The van der Waals surface area contributed by atoms with Gasteiger partial charge in [-0.15, -0.1) is 0 Å². The van der Waals surface area contributed by atoms with E-state index in [-0.39, 0.29) is 0 Å². The lowest BCUT2D eigenvalue weighted by Gasteiger charge is -2.10. The fourth-order valence-corrected chi connectivity index (χ4v) is 2.84. The summed E-state index contributed by atoms with van der Waals surface area (Å²) in [5, 5.41) is 5.32. The molecule has 1 saturated heterocycles. The van der Waals surface area contributed by atoms with Crippen LogP contribution in [-0.4, -0.2) is 37.8 Å². The predicted octanol–water partition coefficient (Wildman–Crippen LogP) is 2.32. The fraction of sp³-hybridized carbons (Fsp3) is 0.167. The van der Waals surface area contributed by atoms with Crippen molar-refractivity contribution >= 4 is 50.9 Å². The van der Waals surface area contributed by atoms with Gasteiger partial charge in [0.1, 0.15) is 16.5 Å². The molecule has 1 aromatic heterocycles. The summed E-state index contributed by atoms with van der Waals surface area (Å²) in [5.74, 6) is 2.39. The molecule has 5 nitrogen and oxygen atoms in total. The summed E-state index contributed by atoms with van der Waals surface area (Å²) in [4.78, 5) is 10.3. The molecule has 0 aliphatic carbocycles. The van der Waals surface area contributed by atoms with Crippen molar-refractivity contribution in [3.05, 3.63) is 30.6 Å². The number of thioether (sulfide) groups is 1. The molecule has 1 aliphatic heterocycles. The van der Waals surface area contributed by atoms with E-state index in [0.717, 1.165) is 26.8 Å². The highest BCUT2D eigenvalue weighted by molar-refractivity contribution is 8.24. The van der Waals surface area contributed by atoms with Gasteiger partial charge in [-0.1, -0.05) is 36.1 Å². The topological polar surface area (TPSA) is 53.4 Å². The minimum absolute atomic E-state index is 0.703.